The first kappa shape index (κ1) is 11.4. The minimum absolute atomic E-state index is 0.00838. The van der Waals surface area contributed by atoms with E-state index >= 15 is 0 Å². The average Bonchev–Trinajstić information content (AvgIpc) is 2.03. The van der Waals surface area contributed by atoms with Crippen molar-refractivity contribution in [3.63, 3.8) is 0 Å². The molecule has 0 radical (unpaired) electrons. The lowest BCUT2D eigenvalue weighted by molar-refractivity contribution is -0.169. The topological polar surface area (TPSA) is 41.6 Å². The predicted molar refractivity (Wildman–Crippen MR) is 47.5 cm³/mol. The summed E-state index contributed by atoms with van der Waals surface area (Å²) in [6.07, 6.45) is 0.470. The van der Waals surface area contributed by atoms with Gasteiger partial charge in [-0.2, -0.15) is 0 Å². The molecule has 1 atom stereocenters. The molecule has 0 rings (SSSR count). The third-order valence-electron chi connectivity index (χ3n) is 1.66. The number of carbonyl (C=O) groups excluding carboxylic acids is 1. The Hall–Kier alpha value is -0.610. The van der Waals surface area contributed by atoms with E-state index in [-0.39, 0.29) is 11.9 Å². The zero-order chi connectivity index (χ0) is 9.56. The summed E-state index contributed by atoms with van der Waals surface area (Å²) < 4.78 is 0. The number of hydroxylamine groups is 2. The number of nitrogens with one attached hydrogen (secondary N) is 1. The molecule has 0 aliphatic carbocycles. The normalized spacial score (nSPS) is 12.7. The lowest BCUT2D eigenvalue weighted by atomic mass is 10.2. The van der Waals surface area contributed by atoms with Crippen LogP contribution in [0, 0.1) is 0 Å². The molecule has 0 heterocycles. The van der Waals surface area contributed by atoms with E-state index in [4.69, 9.17) is 4.84 Å². The summed E-state index contributed by atoms with van der Waals surface area (Å²) in [5, 5.41) is 4.40. The van der Waals surface area contributed by atoms with Crippen molar-refractivity contribution in [2.45, 2.75) is 26.3 Å². The molecule has 0 aromatic rings. The van der Waals surface area contributed by atoms with Crippen molar-refractivity contribution in [2.75, 3.05) is 20.7 Å². The SMILES string of the molecule is CCNC(C)CC(=O)N(C)OC. The van der Waals surface area contributed by atoms with Gasteiger partial charge in [0.15, 0.2) is 0 Å². The van der Waals surface area contributed by atoms with Gasteiger partial charge in [-0.15, -0.1) is 0 Å². The van der Waals surface area contributed by atoms with Gasteiger partial charge in [-0.25, -0.2) is 5.06 Å². The van der Waals surface area contributed by atoms with E-state index in [1.807, 2.05) is 13.8 Å². The van der Waals surface area contributed by atoms with Crippen molar-refractivity contribution in [1.29, 1.82) is 0 Å². The minimum atomic E-state index is -0.00838. The number of carbonyl (C=O) groups is 1. The Labute approximate surface area is 73.8 Å². The maximum Gasteiger partial charge on any atom is 0.247 e. The fourth-order valence-corrected chi connectivity index (χ4v) is 0.913. The van der Waals surface area contributed by atoms with E-state index < -0.39 is 0 Å². The van der Waals surface area contributed by atoms with Crippen LogP contribution in [0.2, 0.25) is 0 Å². The predicted octanol–water partition coefficient (Wildman–Crippen LogP) is 0.394. The van der Waals surface area contributed by atoms with Crippen molar-refractivity contribution in [3.8, 4) is 0 Å². The lowest BCUT2D eigenvalue weighted by Gasteiger charge is -2.17. The van der Waals surface area contributed by atoms with Gasteiger partial charge >= 0.3 is 0 Å². The molecule has 0 aliphatic rings. The van der Waals surface area contributed by atoms with Crippen LogP contribution in [-0.2, 0) is 9.63 Å². The third kappa shape index (κ3) is 4.31. The maximum absolute atomic E-state index is 11.2. The van der Waals surface area contributed by atoms with E-state index in [9.17, 15) is 4.79 Å². The van der Waals surface area contributed by atoms with Gasteiger partial charge in [0.1, 0.15) is 0 Å². The number of amides is 1. The largest absolute Gasteiger partial charge is 0.314 e. The van der Waals surface area contributed by atoms with Gasteiger partial charge in [0.05, 0.1) is 7.11 Å². The molecule has 0 aromatic carbocycles. The van der Waals surface area contributed by atoms with Crippen molar-refractivity contribution in [2.24, 2.45) is 0 Å². The smallest absolute Gasteiger partial charge is 0.247 e. The first-order valence-corrected chi connectivity index (χ1v) is 4.15. The van der Waals surface area contributed by atoms with Gasteiger partial charge in [-0.05, 0) is 13.5 Å². The van der Waals surface area contributed by atoms with Crippen LogP contribution >= 0.6 is 0 Å². The highest BCUT2D eigenvalue weighted by Crippen LogP contribution is 1.95. The molecule has 0 fully saturated rings. The average molecular weight is 174 g/mol. The fourth-order valence-electron chi connectivity index (χ4n) is 0.913. The van der Waals surface area contributed by atoms with Gasteiger partial charge in [0, 0.05) is 19.5 Å². The molecule has 0 saturated carbocycles. The molecule has 0 spiro atoms. The fraction of sp³-hybridized carbons (Fsp3) is 0.875. The summed E-state index contributed by atoms with van der Waals surface area (Å²) in [4.78, 5) is 16.0. The van der Waals surface area contributed by atoms with Gasteiger partial charge < -0.3 is 5.32 Å². The summed E-state index contributed by atoms with van der Waals surface area (Å²) in [6, 6.07) is 0.208. The quantitative estimate of drug-likeness (QED) is 0.613. The molecular weight excluding hydrogens is 156 g/mol. The Morgan fingerprint density at radius 2 is 2.25 bits per heavy atom. The number of hydrogen-bond donors (Lipinski definition) is 1. The standard InChI is InChI=1S/C8H18N2O2/c1-5-9-7(2)6-8(11)10(3)12-4/h7,9H,5-6H2,1-4H3. The molecule has 1 unspecified atom stereocenters. The van der Waals surface area contributed by atoms with Gasteiger partial charge in [-0.3, -0.25) is 9.63 Å². The van der Waals surface area contributed by atoms with Crippen LogP contribution in [0.4, 0.5) is 0 Å². The number of rotatable bonds is 5. The van der Waals surface area contributed by atoms with E-state index in [0.29, 0.717) is 6.42 Å². The Bertz CT molecular complexity index is 139. The molecule has 4 heteroatoms. The first-order chi connectivity index (χ1) is 5.61. The zero-order valence-corrected chi connectivity index (χ0v) is 8.26. The van der Waals surface area contributed by atoms with Crippen LogP contribution in [0.1, 0.15) is 20.3 Å². The van der Waals surface area contributed by atoms with Crippen LogP contribution < -0.4 is 5.32 Å². The molecule has 12 heavy (non-hydrogen) atoms. The summed E-state index contributed by atoms with van der Waals surface area (Å²) in [6.45, 7) is 4.87. The Balaban J connectivity index is 3.67. The lowest BCUT2D eigenvalue weighted by Crippen LogP contribution is -2.34. The van der Waals surface area contributed by atoms with Crippen LogP contribution in [0.15, 0.2) is 0 Å². The molecule has 1 amide bonds. The van der Waals surface area contributed by atoms with Crippen LogP contribution in [0.3, 0.4) is 0 Å². The number of hydrogen-bond acceptors (Lipinski definition) is 3. The molecule has 0 saturated heterocycles. The highest BCUT2D eigenvalue weighted by atomic mass is 16.7. The number of nitrogens with zero attached hydrogens (tertiary/aromatic N) is 1. The van der Waals surface area contributed by atoms with Crippen molar-refractivity contribution in [3.05, 3.63) is 0 Å². The molecule has 1 N–H and O–H groups in total. The summed E-state index contributed by atoms with van der Waals surface area (Å²) in [5.74, 6) is -0.00838. The van der Waals surface area contributed by atoms with Crippen LogP contribution in [0.5, 0.6) is 0 Å². The first-order valence-electron chi connectivity index (χ1n) is 4.15. The van der Waals surface area contributed by atoms with E-state index in [1.165, 1.54) is 12.2 Å². The molecule has 4 nitrogen and oxygen atoms in total. The van der Waals surface area contributed by atoms with Crippen molar-refractivity contribution >= 4 is 5.91 Å². The van der Waals surface area contributed by atoms with Crippen LogP contribution in [0.25, 0.3) is 0 Å². The van der Waals surface area contributed by atoms with Gasteiger partial charge in [0.25, 0.3) is 0 Å². The summed E-state index contributed by atoms with van der Waals surface area (Å²) in [7, 11) is 3.09. The van der Waals surface area contributed by atoms with Gasteiger partial charge in [-0.1, -0.05) is 6.92 Å². The van der Waals surface area contributed by atoms with E-state index in [0.717, 1.165) is 6.54 Å². The second-order valence-corrected chi connectivity index (χ2v) is 2.74. The second-order valence-electron chi connectivity index (χ2n) is 2.74. The van der Waals surface area contributed by atoms with E-state index in [2.05, 4.69) is 5.32 Å². The maximum atomic E-state index is 11.2. The van der Waals surface area contributed by atoms with E-state index in [1.54, 1.807) is 7.05 Å². The van der Waals surface area contributed by atoms with Gasteiger partial charge in [0.2, 0.25) is 5.91 Å². The molecule has 0 aromatic heterocycles. The minimum Gasteiger partial charge on any atom is -0.314 e. The molecule has 0 aliphatic heterocycles. The molecule has 0 bridgehead atoms. The monoisotopic (exact) mass is 174 g/mol. The molecule has 72 valence electrons. The summed E-state index contributed by atoms with van der Waals surface area (Å²) in [5.41, 5.74) is 0. The second kappa shape index (κ2) is 5.97. The Kier molecular flexibility index (Phi) is 5.66. The van der Waals surface area contributed by atoms with Crippen molar-refractivity contribution < 1.29 is 9.63 Å². The highest BCUT2D eigenvalue weighted by Gasteiger charge is 2.11. The van der Waals surface area contributed by atoms with Crippen molar-refractivity contribution in [1.82, 2.24) is 10.4 Å². The Morgan fingerprint density at radius 1 is 1.67 bits per heavy atom. The molecular formula is C8H18N2O2. The summed E-state index contributed by atoms with van der Waals surface area (Å²) >= 11 is 0. The Morgan fingerprint density at radius 3 is 2.67 bits per heavy atom. The van der Waals surface area contributed by atoms with Crippen LogP contribution in [-0.4, -0.2) is 37.7 Å². The third-order valence-corrected chi connectivity index (χ3v) is 1.66. The highest BCUT2D eigenvalue weighted by molar-refractivity contribution is 5.75. The zero-order valence-electron chi connectivity index (χ0n) is 8.26.